The molecule has 1 unspecified atom stereocenters. The van der Waals surface area contributed by atoms with Gasteiger partial charge in [0.05, 0.1) is 27.8 Å². The fourth-order valence-electron chi connectivity index (χ4n) is 3.23. The first-order chi connectivity index (χ1) is 15.3. The van der Waals surface area contributed by atoms with Crippen LogP contribution >= 0.6 is 0 Å². The van der Waals surface area contributed by atoms with Gasteiger partial charge in [-0.3, -0.25) is 9.59 Å². The van der Waals surface area contributed by atoms with E-state index in [0.717, 1.165) is 16.9 Å². The number of hydrogen-bond acceptors (Lipinski definition) is 5. The van der Waals surface area contributed by atoms with Gasteiger partial charge >= 0.3 is 0 Å². The summed E-state index contributed by atoms with van der Waals surface area (Å²) in [5.74, 6) is 1.89. The molecule has 2 aromatic rings. The summed E-state index contributed by atoms with van der Waals surface area (Å²) < 4.78 is 15.8. The average Bonchev–Trinajstić information content (AvgIpc) is 2.80. The Balaban J connectivity index is 2.25. The molecule has 32 heavy (non-hydrogen) atoms. The van der Waals surface area contributed by atoms with Gasteiger partial charge in [0.25, 0.3) is 0 Å². The molecular weight excluding hydrogens is 408 g/mol. The topological polar surface area (TPSA) is 77.1 Å². The van der Waals surface area contributed by atoms with Crippen LogP contribution in [-0.2, 0) is 22.6 Å². The highest BCUT2D eigenvalue weighted by molar-refractivity contribution is 5.88. The maximum absolute atomic E-state index is 13.3. The van der Waals surface area contributed by atoms with Crippen molar-refractivity contribution in [3.63, 3.8) is 0 Å². The molecule has 0 aliphatic heterocycles. The van der Waals surface area contributed by atoms with Crippen LogP contribution in [0.15, 0.2) is 42.5 Å². The van der Waals surface area contributed by atoms with E-state index in [9.17, 15) is 9.59 Å². The Kier molecular flexibility index (Phi) is 9.38. The van der Waals surface area contributed by atoms with Crippen molar-refractivity contribution in [1.29, 1.82) is 0 Å². The largest absolute Gasteiger partial charge is 0.497 e. The Hall–Kier alpha value is -3.22. The van der Waals surface area contributed by atoms with E-state index < -0.39 is 6.04 Å². The third kappa shape index (κ3) is 6.90. The molecular formula is C25H34N2O5. The van der Waals surface area contributed by atoms with E-state index >= 15 is 0 Å². The maximum atomic E-state index is 13.3. The Morgan fingerprint density at radius 2 is 1.50 bits per heavy atom. The molecule has 0 fully saturated rings. The van der Waals surface area contributed by atoms with Crippen molar-refractivity contribution in [2.24, 2.45) is 5.92 Å². The van der Waals surface area contributed by atoms with Crippen molar-refractivity contribution in [2.75, 3.05) is 27.9 Å². The first-order valence-corrected chi connectivity index (χ1v) is 10.7. The zero-order chi connectivity index (χ0) is 23.7. The number of carbonyl (C=O) groups excluding carboxylic acids is 2. The van der Waals surface area contributed by atoms with Gasteiger partial charge in [-0.25, -0.2) is 0 Å². The van der Waals surface area contributed by atoms with E-state index in [2.05, 4.69) is 5.32 Å². The van der Waals surface area contributed by atoms with Crippen LogP contribution in [0.5, 0.6) is 17.2 Å². The average molecular weight is 443 g/mol. The van der Waals surface area contributed by atoms with Crippen LogP contribution in [-0.4, -0.2) is 50.6 Å². The lowest BCUT2D eigenvalue weighted by Gasteiger charge is -2.29. The van der Waals surface area contributed by atoms with Crippen LogP contribution in [0.4, 0.5) is 0 Å². The standard InChI is InChI=1S/C25H34N2O5/c1-17(2)15-26-25(29)18(3)27(16-19-7-10-21(30-4)11-8-19)24(28)14-20-9-12-22(31-5)23(13-20)32-6/h7-13,17-18H,14-16H2,1-6H3,(H,26,29). The molecule has 0 saturated heterocycles. The van der Waals surface area contributed by atoms with Gasteiger partial charge in [-0.15, -0.1) is 0 Å². The van der Waals surface area contributed by atoms with Crippen molar-refractivity contribution < 1.29 is 23.8 Å². The minimum atomic E-state index is -0.622. The van der Waals surface area contributed by atoms with E-state index in [4.69, 9.17) is 14.2 Å². The Morgan fingerprint density at radius 3 is 2.06 bits per heavy atom. The van der Waals surface area contributed by atoms with Gasteiger partial charge in [0, 0.05) is 13.1 Å². The first kappa shape index (κ1) is 25.0. The van der Waals surface area contributed by atoms with Gasteiger partial charge in [-0.1, -0.05) is 32.0 Å². The molecule has 0 aliphatic rings. The normalized spacial score (nSPS) is 11.6. The lowest BCUT2D eigenvalue weighted by atomic mass is 10.1. The molecule has 174 valence electrons. The summed E-state index contributed by atoms with van der Waals surface area (Å²) in [5.41, 5.74) is 1.69. The second kappa shape index (κ2) is 12.0. The van der Waals surface area contributed by atoms with Gasteiger partial charge in [0.2, 0.25) is 11.8 Å². The molecule has 2 rings (SSSR count). The van der Waals surface area contributed by atoms with Crippen LogP contribution in [0.1, 0.15) is 31.9 Å². The van der Waals surface area contributed by atoms with Crippen LogP contribution < -0.4 is 19.5 Å². The number of nitrogens with zero attached hydrogens (tertiary/aromatic N) is 1. The SMILES string of the molecule is COc1ccc(CN(C(=O)Cc2ccc(OC)c(OC)c2)C(C)C(=O)NCC(C)C)cc1. The quantitative estimate of drug-likeness (QED) is 0.577. The summed E-state index contributed by atoms with van der Waals surface area (Å²) in [7, 11) is 4.73. The van der Waals surface area contributed by atoms with Gasteiger partial charge in [-0.2, -0.15) is 0 Å². The number of ether oxygens (including phenoxy) is 3. The van der Waals surface area contributed by atoms with Crippen molar-refractivity contribution in [1.82, 2.24) is 10.2 Å². The minimum Gasteiger partial charge on any atom is -0.497 e. The summed E-state index contributed by atoms with van der Waals surface area (Å²) in [6.45, 7) is 6.69. The molecule has 7 nitrogen and oxygen atoms in total. The number of methoxy groups -OCH3 is 3. The van der Waals surface area contributed by atoms with E-state index in [1.807, 2.05) is 44.2 Å². The zero-order valence-corrected chi connectivity index (χ0v) is 19.8. The highest BCUT2D eigenvalue weighted by Crippen LogP contribution is 2.28. The molecule has 0 saturated carbocycles. The Labute approximate surface area is 190 Å². The lowest BCUT2D eigenvalue weighted by Crippen LogP contribution is -2.48. The number of rotatable bonds is 11. The summed E-state index contributed by atoms with van der Waals surface area (Å²) in [4.78, 5) is 27.7. The summed E-state index contributed by atoms with van der Waals surface area (Å²) >= 11 is 0. The summed E-state index contributed by atoms with van der Waals surface area (Å²) in [6, 6.07) is 12.2. The van der Waals surface area contributed by atoms with E-state index in [1.165, 1.54) is 0 Å². The first-order valence-electron chi connectivity index (χ1n) is 10.7. The highest BCUT2D eigenvalue weighted by Gasteiger charge is 2.26. The zero-order valence-electron chi connectivity index (χ0n) is 19.8. The number of carbonyl (C=O) groups is 2. The van der Waals surface area contributed by atoms with E-state index in [-0.39, 0.29) is 18.2 Å². The third-order valence-electron chi connectivity index (χ3n) is 5.17. The number of hydrogen-bond donors (Lipinski definition) is 1. The maximum Gasteiger partial charge on any atom is 0.242 e. The molecule has 0 bridgehead atoms. The van der Waals surface area contributed by atoms with Crippen molar-refractivity contribution >= 4 is 11.8 Å². The fourth-order valence-corrected chi connectivity index (χ4v) is 3.23. The molecule has 7 heteroatoms. The molecule has 0 radical (unpaired) electrons. The second-order valence-corrected chi connectivity index (χ2v) is 8.05. The second-order valence-electron chi connectivity index (χ2n) is 8.05. The Bertz CT molecular complexity index is 896. The lowest BCUT2D eigenvalue weighted by molar-refractivity contribution is -0.140. The molecule has 0 heterocycles. The van der Waals surface area contributed by atoms with Crippen molar-refractivity contribution in [2.45, 2.75) is 39.8 Å². The molecule has 2 aromatic carbocycles. The van der Waals surface area contributed by atoms with E-state index in [1.54, 1.807) is 45.3 Å². The fraction of sp³-hybridized carbons (Fsp3) is 0.440. The number of amides is 2. The minimum absolute atomic E-state index is 0.137. The van der Waals surface area contributed by atoms with Crippen molar-refractivity contribution in [3.05, 3.63) is 53.6 Å². The van der Waals surface area contributed by atoms with Crippen LogP contribution in [0.3, 0.4) is 0 Å². The number of benzene rings is 2. The smallest absolute Gasteiger partial charge is 0.242 e. The molecule has 2 amide bonds. The molecule has 0 aromatic heterocycles. The van der Waals surface area contributed by atoms with Gasteiger partial charge in [-0.05, 0) is 48.2 Å². The molecule has 0 spiro atoms. The molecule has 0 aliphatic carbocycles. The highest BCUT2D eigenvalue weighted by atomic mass is 16.5. The van der Waals surface area contributed by atoms with Crippen LogP contribution in [0.2, 0.25) is 0 Å². The Morgan fingerprint density at radius 1 is 0.875 bits per heavy atom. The van der Waals surface area contributed by atoms with Gasteiger partial charge in [0.1, 0.15) is 11.8 Å². The number of nitrogens with one attached hydrogen (secondary N) is 1. The summed E-state index contributed by atoms with van der Waals surface area (Å²) in [5, 5.41) is 2.93. The van der Waals surface area contributed by atoms with Gasteiger partial charge < -0.3 is 24.4 Å². The third-order valence-corrected chi connectivity index (χ3v) is 5.17. The molecule has 1 N–H and O–H groups in total. The monoisotopic (exact) mass is 442 g/mol. The van der Waals surface area contributed by atoms with E-state index in [0.29, 0.717) is 30.5 Å². The predicted octanol–water partition coefficient (Wildman–Crippen LogP) is 3.44. The summed E-state index contributed by atoms with van der Waals surface area (Å²) in [6.07, 6.45) is 0.137. The van der Waals surface area contributed by atoms with Crippen molar-refractivity contribution in [3.8, 4) is 17.2 Å². The van der Waals surface area contributed by atoms with Crippen LogP contribution in [0, 0.1) is 5.92 Å². The van der Waals surface area contributed by atoms with Crippen LogP contribution in [0.25, 0.3) is 0 Å². The van der Waals surface area contributed by atoms with Gasteiger partial charge in [0.15, 0.2) is 11.5 Å². The predicted molar refractivity (Wildman–Crippen MR) is 124 cm³/mol. The molecule has 1 atom stereocenters.